The predicted octanol–water partition coefficient (Wildman–Crippen LogP) is 2.97. The molecule has 2 N–H and O–H groups in total. The highest BCUT2D eigenvalue weighted by atomic mass is 16.5. The summed E-state index contributed by atoms with van der Waals surface area (Å²) in [6.45, 7) is 14.2. The van der Waals surface area contributed by atoms with E-state index in [0.717, 1.165) is 84.7 Å². The molecule has 0 aliphatic carbocycles. The summed E-state index contributed by atoms with van der Waals surface area (Å²) in [4.78, 5) is 69.2. The van der Waals surface area contributed by atoms with E-state index >= 15 is 0 Å². The average Bonchev–Trinajstić information content (AvgIpc) is 3.13. The first-order valence-electron chi connectivity index (χ1n) is 18.9. The van der Waals surface area contributed by atoms with Crippen LogP contribution in [-0.2, 0) is 4.74 Å². The molecule has 278 valence electrons. The number of piperazine rings is 2. The van der Waals surface area contributed by atoms with Crippen LogP contribution in [0.15, 0.2) is 12.1 Å². The van der Waals surface area contributed by atoms with Gasteiger partial charge in [0, 0.05) is 114 Å². The zero-order valence-electron chi connectivity index (χ0n) is 31.0. The van der Waals surface area contributed by atoms with Crippen LogP contribution in [0.25, 0.3) is 10.8 Å². The van der Waals surface area contributed by atoms with Crippen molar-refractivity contribution in [1.29, 1.82) is 0 Å². The third-order valence-corrected chi connectivity index (χ3v) is 10.9. The molecule has 0 radical (unpaired) electrons. The van der Waals surface area contributed by atoms with Gasteiger partial charge in [0.05, 0.1) is 22.3 Å². The molecule has 0 atom stereocenters. The average molecular weight is 705 g/mol. The number of benzene rings is 2. The van der Waals surface area contributed by atoms with Gasteiger partial charge in [-0.1, -0.05) is 13.3 Å². The maximum atomic E-state index is 14.3. The molecule has 2 fully saturated rings. The van der Waals surface area contributed by atoms with Crippen LogP contribution in [0.3, 0.4) is 0 Å². The number of carbonyl (C=O) groups excluding carboxylic acids is 4. The summed E-state index contributed by atoms with van der Waals surface area (Å²) >= 11 is 0. The number of rotatable bonds is 17. The Morgan fingerprint density at radius 1 is 0.588 bits per heavy atom. The van der Waals surface area contributed by atoms with Crippen molar-refractivity contribution in [2.24, 2.45) is 0 Å². The standard InChI is InChI=1S/C38H56N8O5/c1-5-6-14-45-35(47)27-25-30(40-11-8-13-44-22-18-42(3)19-23-44)34-32-28(36(48)46(38(34)50)15-9-24-51-4)26-29(33(31(27)32)37(45)49)39-10-7-12-43-20-16-41(2)17-21-43/h25-26,39-40H,5-24H2,1-4H3. The lowest BCUT2D eigenvalue weighted by Crippen LogP contribution is -2.45. The number of unbranched alkanes of at least 4 members (excludes halogenated alkanes) is 1. The van der Waals surface area contributed by atoms with Gasteiger partial charge in [0.15, 0.2) is 0 Å². The van der Waals surface area contributed by atoms with Crippen LogP contribution in [0.4, 0.5) is 11.4 Å². The van der Waals surface area contributed by atoms with Gasteiger partial charge >= 0.3 is 0 Å². The third-order valence-electron chi connectivity index (χ3n) is 10.9. The fourth-order valence-corrected chi connectivity index (χ4v) is 7.72. The van der Waals surface area contributed by atoms with Crippen molar-refractivity contribution < 1.29 is 23.9 Å². The van der Waals surface area contributed by atoms with E-state index in [-0.39, 0.29) is 18.4 Å². The molecular weight excluding hydrogens is 648 g/mol. The summed E-state index contributed by atoms with van der Waals surface area (Å²) in [5, 5.41) is 7.81. The maximum Gasteiger partial charge on any atom is 0.263 e. The Labute approximate surface area is 302 Å². The van der Waals surface area contributed by atoms with Gasteiger partial charge < -0.3 is 35.0 Å². The molecule has 0 spiro atoms. The number of hydrogen-bond donors (Lipinski definition) is 2. The lowest BCUT2D eigenvalue weighted by atomic mass is 9.83. The van der Waals surface area contributed by atoms with Crippen molar-refractivity contribution in [2.45, 2.75) is 39.0 Å². The van der Waals surface area contributed by atoms with E-state index in [4.69, 9.17) is 4.74 Å². The van der Waals surface area contributed by atoms with Crippen LogP contribution in [-0.4, -0.2) is 172 Å². The van der Waals surface area contributed by atoms with Gasteiger partial charge in [0.2, 0.25) is 0 Å². The van der Waals surface area contributed by atoms with Crippen molar-refractivity contribution in [1.82, 2.24) is 29.4 Å². The number of ether oxygens (including phenoxy) is 1. The van der Waals surface area contributed by atoms with Crippen LogP contribution in [0.5, 0.6) is 0 Å². The predicted molar refractivity (Wildman–Crippen MR) is 200 cm³/mol. The van der Waals surface area contributed by atoms with Crippen LogP contribution >= 0.6 is 0 Å². The first-order valence-corrected chi connectivity index (χ1v) is 18.9. The molecule has 0 saturated carbocycles. The van der Waals surface area contributed by atoms with Crippen molar-refractivity contribution >= 4 is 45.8 Å². The zero-order valence-corrected chi connectivity index (χ0v) is 31.0. The van der Waals surface area contributed by atoms with Gasteiger partial charge in [-0.3, -0.25) is 29.0 Å². The smallest absolute Gasteiger partial charge is 0.263 e. The number of hydrogen-bond acceptors (Lipinski definition) is 11. The van der Waals surface area contributed by atoms with Gasteiger partial charge in [-0.2, -0.15) is 0 Å². The summed E-state index contributed by atoms with van der Waals surface area (Å²) in [5.74, 6) is -1.59. The van der Waals surface area contributed by atoms with Crippen molar-refractivity contribution in [3.63, 3.8) is 0 Å². The Balaban J connectivity index is 1.37. The van der Waals surface area contributed by atoms with Crippen LogP contribution in [0, 0.1) is 0 Å². The Morgan fingerprint density at radius 3 is 1.43 bits per heavy atom. The first kappa shape index (κ1) is 37.1. The molecule has 2 aromatic rings. The summed E-state index contributed by atoms with van der Waals surface area (Å²) in [6.07, 6.45) is 3.72. The number of nitrogens with zero attached hydrogens (tertiary/aromatic N) is 6. The molecule has 0 unspecified atom stereocenters. The summed E-state index contributed by atoms with van der Waals surface area (Å²) in [5.41, 5.74) is 2.49. The van der Waals surface area contributed by atoms with Gasteiger partial charge in [0.1, 0.15) is 0 Å². The Morgan fingerprint density at radius 2 is 1.02 bits per heavy atom. The topological polar surface area (TPSA) is 121 Å². The molecule has 0 aromatic heterocycles. The van der Waals surface area contributed by atoms with Crippen molar-refractivity contribution in [2.75, 3.05) is 130 Å². The van der Waals surface area contributed by atoms with Gasteiger partial charge in [0.25, 0.3) is 23.6 Å². The monoisotopic (exact) mass is 704 g/mol. The van der Waals surface area contributed by atoms with Crippen LogP contribution in [0.1, 0.15) is 80.5 Å². The number of imide groups is 2. The van der Waals surface area contributed by atoms with Gasteiger partial charge in [-0.25, -0.2) is 0 Å². The molecule has 4 aliphatic heterocycles. The highest BCUT2D eigenvalue weighted by Crippen LogP contribution is 2.44. The first-order chi connectivity index (χ1) is 24.7. The summed E-state index contributed by atoms with van der Waals surface area (Å²) in [7, 11) is 5.88. The molecule has 6 rings (SSSR count). The van der Waals surface area contributed by atoms with E-state index in [1.807, 2.05) is 6.92 Å². The molecule has 4 amide bonds. The molecule has 4 aliphatic rings. The fourth-order valence-electron chi connectivity index (χ4n) is 7.72. The van der Waals surface area contributed by atoms with E-state index < -0.39 is 11.8 Å². The fraction of sp³-hybridized carbons (Fsp3) is 0.632. The number of anilines is 2. The minimum Gasteiger partial charge on any atom is -0.385 e. The largest absolute Gasteiger partial charge is 0.385 e. The number of amides is 4. The highest BCUT2D eigenvalue weighted by Gasteiger charge is 2.42. The van der Waals surface area contributed by atoms with Gasteiger partial charge in [-0.05, 0) is 65.0 Å². The Bertz CT molecular complexity index is 1620. The lowest BCUT2D eigenvalue weighted by molar-refractivity contribution is 0.0580. The van der Waals surface area contributed by atoms with Crippen LogP contribution in [0.2, 0.25) is 0 Å². The Kier molecular flexibility index (Phi) is 12.2. The number of likely N-dealkylation sites (N-methyl/N-ethyl adjacent to an activating group) is 2. The molecule has 51 heavy (non-hydrogen) atoms. The molecule has 0 bridgehead atoms. The third kappa shape index (κ3) is 7.92. The second-order valence-corrected chi connectivity index (χ2v) is 14.5. The minimum atomic E-state index is -0.415. The van der Waals surface area contributed by atoms with Crippen molar-refractivity contribution in [3.05, 3.63) is 34.4 Å². The molecular formula is C38H56N8O5. The summed E-state index contributed by atoms with van der Waals surface area (Å²) < 4.78 is 5.25. The molecule has 13 nitrogen and oxygen atoms in total. The quantitative estimate of drug-likeness (QED) is 0.187. The SMILES string of the molecule is CCCCN1C(=O)c2cc(NCCCN3CCN(C)CC3)c3c4c(cc(NCCCN5CCN(C)CC5)c(c24)C1=O)C(=O)N(CCCOC)C3=O. The Hall–Kier alpha value is -3.62. The highest BCUT2D eigenvalue weighted by molar-refractivity contribution is 6.36. The van der Waals surface area contributed by atoms with Crippen molar-refractivity contribution in [3.8, 4) is 0 Å². The normalized spacial score (nSPS) is 19.1. The lowest BCUT2D eigenvalue weighted by Gasteiger charge is -2.35. The van der Waals surface area contributed by atoms with E-state index in [1.165, 1.54) is 9.80 Å². The second-order valence-electron chi connectivity index (χ2n) is 14.5. The maximum absolute atomic E-state index is 14.3. The molecule has 4 heterocycles. The van der Waals surface area contributed by atoms with Gasteiger partial charge in [-0.15, -0.1) is 0 Å². The zero-order chi connectivity index (χ0) is 36.1. The van der Waals surface area contributed by atoms with E-state index in [0.29, 0.717) is 83.5 Å². The van der Waals surface area contributed by atoms with E-state index in [1.54, 1.807) is 19.2 Å². The van der Waals surface area contributed by atoms with Crippen LogP contribution < -0.4 is 10.6 Å². The molecule has 13 heteroatoms. The number of carbonyl (C=O) groups is 4. The number of methoxy groups -OCH3 is 1. The summed E-state index contributed by atoms with van der Waals surface area (Å²) in [6, 6.07) is 3.51. The molecule has 2 aromatic carbocycles. The van der Waals surface area contributed by atoms with E-state index in [9.17, 15) is 19.2 Å². The number of nitrogens with one attached hydrogen (secondary N) is 2. The molecule has 2 saturated heterocycles. The minimum absolute atomic E-state index is 0.204. The second kappa shape index (κ2) is 16.8. The van der Waals surface area contributed by atoms with E-state index in [2.05, 4.69) is 44.3 Å².